The first-order chi connectivity index (χ1) is 11.6. The maximum atomic E-state index is 9.26. The van der Waals surface area contributed by atoms with Crippen LogP contribution in [0.4, 0.5) is 10.9 Å². The topological polar surface area (TPSA) is 97.0 Å². The normalized spacial score (nSPS) is 12.5. The highest BCUT2D eigenvalue weighted by molar-refractivity contribution is 7.98. The minimum Gasteiger partial charge on any atom is -0.394 e. The van der Waals surface area contributed by atoms with E-state index < -0.39 is 0 Å². The fourth-order valence-electron chi connectivity index (χ4n) is 2.02. The first-order valence-electron chi connectivity index (χ1n) is 7.24. The summed E-state index contributed by atoms with van der Waals surface area (Å²) in [5, 5.41) is 14.2. The number of aliphatic hydroxyl groups excluding tert-OH is 1. The number of thioether (sulfide) groups is 1. The lowest BCUT2D eigenvalue weighted by Crippen LogP contribution is -2.20. The maximum Gasteiger partial charge on any atom is 0.191 e. The van der Waals surface area contributed by atoms with Gasteiger partial charge in [-0.25, -0.2) is 15.0 Å². The minimum absolute atomic E-state index is 0.00187. The molecule has 0 saturated heterocycles. The monoisotopic (exact) mass is 381 g/mol. The molecule has 0 aliphatic rings. The van der Waals surface area contributed by atoms with Gasteiger partial charge in [0.25, 0.3) is 0 Å². The molecule has 126 valence electrons. The molecule has 0 aliphatic heterocycles. The Bertz CT molecular complexity index is 857. The van der Waals surface area contributed by atoms with Crippen LogP contribution in [0.25, 0.3) is 10.3 Å². The molecule has 0 amide bonds. The number of halogens is 1. The summed E-state index contributed by atoms with van der Waals surface area (Å²) in [5.74, 6) is 1.29. The molecule has 6 nitrogen and oxygen atoms in total. The first kappa shape index (κ1) is 17.2. The van der Waals surface area contributed by atoms with Gasteiger partial charge in [0.15, 0.2) is 21.8 Å². The lowest BCUT2D eigenvalue weighted by atomic mass is 10.2. The van der Waals surface area contributed by atoms with E-state index in [-0.39, 0.29) is 12.6 Å². The van der Waals surface area contributed by atoms with E-state index in [2.05, 4.69) is 20.3 Å². The van der Waals surface area contributed by atoms with Crippen molar-refractivity contribution in [1.29, 1.82) is 0 Å². The van der Waals surface area contributed by atoms with E-state index in [1.165, 1.54) is 23.1 Å². The number of thiazole rings is 1. The van der Waals surface area contributed by atoms with E-state index in [1.54, 1.807) is 0 Å². The second kappa shape index (κ2) is 7.52. The van der Waals surface area contributed by atoms with Crippen molar-refractivity contribution in [2.45, 2.75) is 23.9 Å². The molecule has 0 saturated carbocycles. The number of fused-ring (bicyclic) bond motifs is 1. The lowest BCUT2D eigenvalue weighted by Gasteiger charge is -2.12. The Balaban J connectivity index is 1.89. The molecule has 2 aromatic heterocycles. The SMILES string of the molecule is C[C@H](CO)Nc1nc(SCc2ccccc2Cl)nc2nc(N)sc12. The third kappa shape index (κ3) is 3.89. The smallest absolute Gasteiger partial charge is 0.191 e. The molecule has 1 atom stereocenters. The Kier molecular flexibility index (Phi) is 5.40. The van der Waals surface area contributed by atoms with Crippen molar-refractivity contribution in [3.05, 3.63) is 34.9 Å². The van der Waals surface area contributed by atoms with Crippen LogP contribution < -0.4 is 11.1 Å². The minimum atomic E-state index is -0.132. The summed E-state index contributed by atoms with van der Waals surface area (Å²) in [4.78, 5) is 13.3. The van der Waals surface area contributed by atoms with Gasteiger partial charge in [0, 0.05) is 16.8 Å². The Morgan fingerprint density at radius 3 is 2.88 bits per heavy atom. The van der Waals surface area contributed by atoms with Crippen molar-refractivity contribution in [2.75, 3.05) is 17.7 Å². The van der Waals surface area contributed by atoms with Gasteiger partial charge in [0.2, 0.25) is 0 Å². The van der Waals surface area contributed by atoms with Crippen LogP contribution in [0.3, 0.4) is 0 Å². The van der Waals surface area contributed by atoms with Crippen molar-refractivity contribution in [3.8, 4) is 0 Å². The molecule has 1 aromatic carbocycles. The summed E-state index contributed by atoms with van der Waals surface area (Å²) in [6.07, 6.45) is 0. The predicted molar refractivity (Wildman–Crippen MR) is 101 cm³/mol. The third-order valence-corrected chi connectivity index (χ3v) is 5.37. The summed E-state index contributed by atoms with van der Waals surface area (Å²) >= 11 is 8.99. The molecule has 0 bridgehead atoms. The Morgan fingerprint density at radius 1 is 1.33 bits per heavy atom. The molecule has 2 heterocycles. The van der Waals surface area contributed by atoms with Crippen molar-refractivity contribution in [3.63, 3.8) is 0 Å². The fraction of sp³-hybridized carbons (Fsp3) is 0.267. The van der Waals surface area contributed by atoms with Crippen LogP contribution in [-0.2, 0) is 5.75 Å². The predicted octanol–water partition coefficient (Wildman–Crippen LogP) is 3.41. The third-order valence-electron chi connectivity index (χ3n) is 3.22. The van der Waals surface area contributed by atoms with Crippen molar-refractivity contribution < 1.29 is 5.11 Å². The van der Waals surface area contributed by atoms with Crippen molar-refractivity contribution in [2.24, 2.45) is 0 Å². The van der Waals surface area contributed by atoms with E-state index >= 15 is 0 Å². The molecule has 0 spiro atoms. The molecule has 3 rings (SSSR count). The Labute approximate surface area is 152 Å². The number of hydrogen-bond donors (Lipinski definition) is 3. The zero-order chi connectivity index (χ0) is 17.1. The number of hydrogen-bond acceptors (Lipinski definition) is 8. The molecule has 4 N–H and O–H groups in total. The zero-order valence-electron chi connectivity index (χ0n) is 12.9. The quantitative estimate of drug-likeness (QED) is 0.444. The van der Waals surface area contributed by atoms with Crippen molar-refractivity contribution >= 4 is 56.0 Å². The van der Waals surface area contributed by atoms with E-state index in [4.69, 9.17) is 17.3 Å². The second-order valence-corrected chi connectivity index (χ2v) is 7.55. The molecular weight excluding hydrogens is 366 g/mol. The van der Waals surface area contributed by atoms with Gasteiger partial charge >= 0.3 is 0 Å². The number of nitrogens with zero attached hydrogens (tertiary/aromatic N) is 3. The summed E-state index contributed by atoms with van der Waals surface area (Å²) < 4.78 is 0.787. The summed E-state index contributed by atoms with van der Waals surface area (Å²) in [7, 11) is 0. The summed E-state index contributed by atoms with van der Waals surface area (Å²) in [6, 6.07) is 7.55. The molecule has 3 aromatic rings. The molecule has 0 radical (unpaired) electrons. The van der Waals surface area contributed by atoms with E-state index in [0.29, 0.717) is 27.5 Å². The molecular formula is C15H16ClN5OS2. The Hall–Kier alpha value is -1.61. The number of rotatable bonds is 6. The number of nitrogen functional groups attached to an aromatic ring is 1. The van der Waals surface area contributed by atoms with Gasteiger partial charge in [-0.2, -0.15) is 0 Å². The maximum absolute atomic E-state index is 9.26. The molecule has 24 heavy (non-hydrogen) atoms. The van der Waals surface area contributed by atoms with Gasteiger partial charge in [-0.15, -0.1) is 0 Å². The second-order valence-electron chi connectivity index (χ2n) is 5.17. The van der Waals surface area contributed by atoms with E-state index in [1.807, 2.05) is 31.2 Å². The van der Waals surface area contributed by atoms with Crippen LogP contribution in [0.5, 0.6) is 0 Å². The molecule has 0 unspecified atom stereocenters. The standard InChI is InChI=1S/C15H16ClN5OS2/c1-8(6-22)18-12-11-13(19-14(17)24-11)21-15(20-12)23-7-9-4-2-3-5-10(9)16/h2-5,8,22H,6-7H2,1H3,(H3,17,18,19,20,21)/t8-/m1/s1. The van der Waals surface area contributed by atoms with Crippen LogP contribution >= 0.6 is 34.7 Å². The Morgan fingerprint density at radius 2 is 2.12 bits per heavy atom. The summed E-state index contributed by atoms with van der Waals surface area (Å²) in [5.41, 5.74) is 7.37. The largest absolute Gasteiger partial charge is 0.394 e. The van der Waals surface area contributed by atoms with Gasteiger partial charge in [-0.3, -0.25) is 0 Å². The van der Waals surface area contributed by atoms with Gasteiger partial charge < -0.3 is 16.2 Å². The summed E-state index contributed by atoms with van der Waals surface area (Å²) in [6.45, 7) is 1.87. The highest BCUT2D eigenvalue weighted by atomic mass is 35.5. The number of aromatic nitrogens is 3. The van der Waals surface area contributed by atoms with E-state index in [9.17, 15) is 5.11 Å². The first-order valence-corrected chi connectivity index (χ1v) is 9.42. The van der Waals surface area contributed by atoms with Crippen LogP contribution in [-0.4, -0.2) is 32.7 Å². The average Bonchev–Trinajstić information content (AvgIpc) is 2.94. The lowest BCUT2D eigenvalue weighted by molar-refractivity contribution is 0.281. The van der Waals surface area contributed by atoms with Crippen LogP contribution in [0.1, 0.15) is 12.5 Å². The molecule has 0 aliphatic carbocycles. The number of aliphatic hydroxyl groups is 1. The highest BCUT2D eigenvalue weighted by Gasteiger charge is 2.14. The zero-order valence-corrected chi connectivity index (χ0v) is 15.3. The number of benzene rings is 1. The number of anilines is 2. The molecule has 0 fully saturated rings. The highest BCUT2D eigenvalue weighted by Crippen LogP contribution is 2.32. The van der Waals surface area contributed by atoms with Gasteiger partial charge in [-0.05, 0) is 18.6 Å². The number of nitrogens with two attached hydrogens (primary N) is 1. The van der Waals surface area contributed by atoms with Crippen LogP contribution in [0.2, 0.25) is 5.02 Å². The molecule has 9 heteroatoms. The van der Waals surface area contributed by atoms with E-state index in [0.717, 1.165) is 15.3 Å². The van der Waals surface area contributed by atoms with Crippen LogP contribution in [0.15, 0.2) is 29.4 Å². The number of nitrogens with one attached hydrogen (secondary N) is 1. The van der Waals surface area contributed by atoms with Gasteiger partial charge in [-0.1, -0.05) is 52.9 Å². The van der Waals surface area contributed by atoms with Crippen molar-refractivity contribution in [1.82, 2.24) is 15.0 Å². The van der Waals surface area contributed by atoms with Crippen LogP contribution in [0, 0.1) is 0 Å². The average molecular weight is 382 g/mol. The van der Waals surface area contributed by atoms with Gasteiger partial charge in [0.1, 0.15) is 4.70 Å². The fourth-order valence-corrected chi connectivity index (χ4v) is 3.87. The van der Waals surface area contributed by atoms with Gasteiger partial charge in [0.05, 0.1) is 6.61 Å².